The van der Waals surface area contributed by atoms with Crippen molar-refractivity contribution in [1.29, 1.82) is 0 Å². The van der Waals surface area contributed by atoms with Crippen molar-refractivity contribution >= 4 is 17.4 Å². The van der Waals surface area contributed by atoms with Gasteiger partial charge in [0.05, 0.1) is 6.04 Å². The van der Waals surface area contributed by atoms with E-state index in [-0.39, 0.29) is 0 Å². The van der Waals surface area contributed by atoms with Gasteiger partial charge in [0.2, 0.25) is 0 Å². The third-order valence-corrected chi connectivity index (χ3v) is 7.01. The van der Waals surface area contributed by atoms with Crippen LogP contribution in [0.3, 0.4) is 0 Å². The van der Waals surface area contributed by atoms with Crippen LogP contribution in [0.15, 0.2) is 84.1 Å². The Kier molecular flexibility index (Phi) is 6.77. The number of piperazine rings is 1. The number of nitrogens with zero attached hydrogens (tertiary/aromatic N) is 6. The standard InChI is InChI=1S/C25H28N6S/c1-3-8-21(9-4-1)25(22-10-5-2-6-11-22)30-17-15-29(16-18-30)14-7-19-32-24-13-12-23-27-26-20-31(23)28-24/h1-6,8-13,20,25H,7,14-19H2. The molecule has 32 heavy (non-hydrogen) atoms. The van der Waals surface area contributed by atoms with E-state index < -0.39 is 0 Å². The highest BCUT2D eigenvalue weighted by atomic mass is 32.2. The molecule has 0 bridgehead atoms. The summed E-state index contributed by atoms with van der Waals surface area (Å²) in [7, 11) is 0. The lowest BCUT2D eigenvalue weighted by molar-refractivity contribution is 0.110. The van der Waals surface area contributed by atoms with Crippen molar-refractivity contribution in [2.24, 2.45) is 0 Å². The summed E-state index contributed by atoms with van der Waals surface area (Å²) >= 11 is 1.80. The summed E-state index contributed by atoms with van der Waals surface area (Å²) in [5.74, 6) is 1.07. The van der Waals surface area contributed by atoms with Crippen LogP contribution >= 0.6 is 11.8 Å². The fourth-order valence-electron chi connectivity index (χ4n) is 4.38. The lowest BCUT2D eigenvalue weighted by Gasteiger charge is -2.39. The second kappa shape index (κ2) is 10.3. The molecule has 6 nitrogen and oxygen atoms in total. The number of aromatic nitrogens is 4. The van der Waals surface area contributed by atoms with Crippen LogP contribution in [-0.4, -0.2) is 68.1 Å². The highest BCUT2D eigenvalue weighted by Gasteiger charge is 2.26. The predicted molar refractivity (Wildman–Crippen MR) is 129 cm³/mol. The van der Waals surface area contributed by atoms with Crippen molar-refractivity contribution in [2.45, 2.75) is 17.5 Å². The van der Waals surface area contributed by atoms with E-state index in [9.17, 15) is 0 Å². The SMILES string of the molecule is c1ccc(C(c2ccccc2)N2CCN(CCCSc3ccc4nncn4n3)CC2)cc1. The summed E-state index contributed by atoms with van der Waals surface area (Å²) in [5.41, 5.74) is 3.54. The minimum absolute atomic E-state index is 0.328. The minimum Gasteiger partial charge on any atom is -0.301 e. The molecule has 0 spiro atoms. The summed E-state index contributed by atoms with van der Waals surface area (Å²) < 4.78 is 1.73. The van der Waals surface area contributed by atoms with Crippen LogP contribution in [0.1, 0.15) is 23.6 Å². The summed E-state index contributed by atoms with van der Waals surface area (Å²) in [6.45, 7) is 5.55. The average Bonchev–Trinajstić information content (AvgIpc) is 3.32. The lowest BCUT2D eigenvalue weighted by Crippen LogP contribution is -2.48. The maximum atomic E-state index is 4.54. The fraction of sp³-hybridized carbons (Fsp3) is 0.320. The molecular formula is C25H28N6S. The van der Waals surface area contributed by atoms with Gasteiger partial charge in [-0.05, 0) is 36.2 Å². The molecule has 5 rings (SSSR count). The summed E-state index contributed by atoms with van der Waals surface area (Å²) in [6, 6.07) is 26.1. The third-order valence-electron chi connectivity index (χ3n) is 6.01. The van der Waals surface area contributed by atoms with E-state index in [1.807, 2.05) is 12.1 Å². The molecule has 0 unspecified atom stereocenters. The molecule has 3 heterocycles. The van der Waals surface area contributed by atoms with Crippen LogP contribution in [0.2, 0.25) is 0 Å². The molecular weight excluding hydrogens is 416 g/mol. The number of hydrogen-bond acceptors (Lipinski definition) is 6. The predicted octanol–water partition coefficient (Wildman–Crippen LogP) is 4.01. The Morgan fingerprint density at radius 3 is 2.19 bits per heavy atom. The Bertz CT molecular complexity index is 1070. The molecule has 1 aliphatic heterocycles. The van der Waals surface area contributed by atoms with Crippen molar-refractivity contribution < 1.29 is 0 Å². The molecule has 0 aliphatic carbocycles. The number of benzene rings is 2. The van der Waals surface area contributed by atoms with Gasteiger partial charge >= 0.3 is 0 Å². The lowest BCUT2D eigenvalue weighted by atomic mass is 9.96. The molecule has 2 aromatic carbocycles. The first-order valence-corrected chi connectivity index (χ1v) is 12.2. The van der Waals surface area contributed by atoms with Gasteiger partial charge in [-0.2, -0.15) is 9.61 Å². The molecule has 4 aromatic rings. The van der Waals surface area contributed by atoms with Crippen LogP contribution < -0.4 is 0 Å². The topological polar surface area (TPSA) is 49.6 Å². The van der Waals surface area contributed by atoms with E-state index in [1.165, 1.54) is 11.1 Å². The number of rotatable bonds is 8. The maximum absolute atomic E-state index is 4.54. The van der Waals surface area contributed by atoms with Crippen molar-refractivity contribution in [3.05, 3.63) is 90.3 Å². The minimum atomic E-state index is 0.328. The van der Waals surface area contributed by atoms with E-state index >= 15 is 0 Å². The van der Waals surface area contributed by atoms with Gasteiger partial charge in [-0.15, -0.1) is 22.0 Å². The highest BCUT2D eigenvalue weighted by molar-refractivity contribution is 7.99. The molecule has 0 N–H and O–H groups in total. The molecule has 164 valence electrons. The molecule has 0 atom stereocenters. The highest BCUT2D eigenvalue weighted by Crippen LogP contribution is 2.29. The van der Waals surface area contributed by atoms with Gasteiger partial charge in [-0.25, -0.2) is 0 Å². The van der Waals surface area contributed by atoms with Crippen molar-refractivity contribution in [2.75, 3.05) is 38.5 Å². The van der Waals surface area contributed by atoms with Crippen LogP contribution in [0.4, 0.5) is 0 Å². The van der Waals surface area contributed by atoms with E-state index in [2.05, 4.69) is 85.8 Å². The molecule has 1 saturated heterocycles. The van der Waals surface area contributed by atoms with Gasteiger partial charge in [0.15, 0.2) is 5.65 Å². The van der Waals surface area contributed by atoms with E-state index in [1.54, 1.807) is 22.6 Å². The van der Waals surface area contributed by atoms with Gasteiger partial charge in [-0.1, -0.05) is 60.7 Å². The second-order valence-electron chi connectivity index (χ2n) is 8.11. The van der Waals surface area contributed by atoms with Gasteiger partial charge < -0.3 is 4.90 Å². The zero-order valence-electron chi connectivity index (χ0n) is 18.1. The Labute approximate surface area is 193 Å². The van der Waals surface area contributed by atoms with Crippen LogP contribution in [0.5, 0.6) is 0 Å². The molecule has 0 radical (unpaired) electrons. The third kappa shape index (κ3) is 5.01. The summed E-state index contributed by atoms with van der Waals surface area (Å²) in [4.78, 5) is 5.23. The summed E-state index contributed by atoms with van der Waals surface area (Å²) in [6.07, 6.45) is 2.81. The molecule has 2 aromatic heterocycles. The quantitative estimate of drug-likeness (QED) is 0.302. The average molecular weight is 445 g/mol. The second-order valence-corrected chi connectivity index (χ2v) is 9.22. The Balaban J connectivity index is 1.13. The summed E-state index contributed by atoms with van der Waals surface area (Å²) in [5, 5.41) is 13.5. The Morgan fingerprint density at radius 2 is 1.50 bits per heavy atom. The molecule has 0 saturated carbocycles. The zero-order valence-corrected chi connectivity index (χ0v) is 18.9. The molecule has 7 heteroatoms. The Morgan fingerprint density at radius 1 is 0.812 bits per heavy atom. The van der Waals surface area contributed by atoms with Gasteiger partial charge in [-0.3, -0.25) is 4.90 Å². The van der Waals surface area contributed by atoms with Crippen LogP contribution in [0, 0.1) is 0 Å². The van der Waals surface area contributed by atoms with Crippen molar-refractivity contribution in [3.63, 3.8) is 0 Å². The van der Waals surface area contributed by atoms with Gasteiger partial charge in [0.25, 0.3) is 0 Å². The van der Waals surface area contributed by atoms with Crippen LogP contribution in [0.25, 0.3) is 5.65 Å². The van der Waals surface area contributed by atoms with Crippen LogP contribution in [-0.2, 0) is 0 Å². The molecule has 1 fully saturated rings. The first-order chi connectivity index (χ1) is 15.9. The van der Waals surface area contributed by atoms with Crippen molar-refractivity contribution in [1.82, 2.24) is 29.6 Å². The van der Waals surface area contributed by atoms with Gasteiger partial charge in [0, 0.05) is 31.9 Å². The van der Waals surface area contributed by atoms with E-state index in [4.69, 9.17) is 0 Å². The first-order valence-electron chi connectivity index (χ1n) is 11.2. The number of hydrogen-bond donors (Lipinski definition) is 0. The number of fused-ring (bicyclic) bond motifs is 1. The van der Waals surface area contributed by atoms with Crippen molar-refractivity contribution in [3.8, 4) is 0 Å². The van der Waals surface area contributed by atoms with E-state index in [0.717, 1.165) is 55.6 Å². The number of thioether (sulfide) groups is 1. The Hall–Kier alpha value is -2.74. The largest absolute Gasteiger partial charge is 0.301 e. The molecule has 0 amide bonds. The monoisotopic (exact) mass is 444 g/mol. The first kappa shape index (κ1) is 21.1. The normalized spacial score (nSPS) is 15.5. The smallest absolute Gasteiger partial charge is 0.177 e. The zero-order chi connectivity index (χ0) is 21.6. The fourth-order valence-corrected chi connectivity index (χ4v) is 5.18. The maximum Gasteiger partial charge on any atom is 0.177 e. The van der Waals surface area contributed by atoms with E-state index in [0.29, 0.717) is 6.04 Å². The van der Waals surface area contributed by atoms with Gasteiger partial charge in [0.1, 0.15) is 11.4 Å². The molecule has 1 aliphatic rings.